The molecule has 43 heavy (non-hydrogen) atoms. The second-order valence-corrected chi connectivity index (χ2v) is 11.5. The number of quaternary nitrogens is 1. The van der Waals surface area contributed by atoms with E-state index in [1.807, 2.05) is 6.92 Å². The lowest BCUT2D eigenvalue weighted by Crippen LogP contribution is -2.50. The number of benzene rings is 3. The Morgan fingerprint density at radius 3 is 2.05 bits per heavy atom. The predicted molar refractivity (Wildman–Crippen MR) is 163 cm³/mol. The molecule has 0 aliphatic rings. The zero-order valence-electron chi connectivity index (χ0n) is 25.1. The predicted octanol–water partition coefficient (Wildman–Crippen LogP) is 3.68. The maximum absolute atomic E-state index is 13.6. The van der Waals surface area contributed by atoms with Crippen molar-refractivity contribution in [3.63, 3.8) is 0 Å². The minimum Gasteiger partial charge on any atom is -0.493 e. The molecule has 4 rings (SSSR count). The standard InChI is InChI=1S/C30H38N4O8S/c1-6-12-40-20-14-21(41-13-8-7-11-31)16-22(15-20)42-28-19-26-25(33(2)30(35)34(26)3)18-24(28)32-43(36,37)23-9-10-27(38-4)29(17-23)39-5/h9-10,14-19,32H,6-8,11-13,31H2,1-5H3/p+1. The summed E-state index contributed by atoms with van der Waals surface area (Å²) in [6, 6.07) is 12.7. The normalized spacial score (nSPS) is 11.4. The van der Waals surface area contributed by atoms with Crippen LogP contribution in [0.15, 0.2) is 58.2 Å². The number of sulfonamides is 1. The second kappa shape index (κ2) is 13.7. The maximum Gasteiger partial charge on any atom is 0.328 e. The molecule has 0 amide bonds. The van der Waals surface area contributed by atoms with Crippen LogP contribution in [0, 0.1) is 0 Å². The lowest BCUT2D eigenvalue weighted by atomic mass is 10.2. The van der Waals surface area contributed by atoms with Gasteiger partial charge in [0.25, 0.3) is 10.0 Å². The Bertz CT molecular complexity index is 1750. The van der Waals surface area contributed by atoms with Crippen molar-refractivity contribution >= 4 is 26.7 Å². The van der Waals surface area contributed by atoms with E-state index in [1.54, 1.807) is 44.4 Å². The molecule has 0 atom stereocenters. The molecule has 0 saturated carbocycles. The number of rotatable bonds is 15. The highest BCUT2D eigenvalue weighted by atomic mass is 32.2. The monoisotopic (exact) mass is 615 g/mol. The molecule has 0 unspecified atom stereocenters. The van der Waals surface area contributed by atoms with Gasteiger partial charge in [-0.05, 0) is 37.5 Å². The number of aryl methyl sites for hydroxylation is 2. The van der Waals surface area contributed by atoms with Gasteiger partial charge in [0, 0.05) is 44.4 Å². The van der Waals surface area contributed by atoms with E-state index >= 15 is 0 Å². The number of nitrogens with zero attached hydrogens (tertiary/aromatic N) is 2. The van der Waals surface area contributed by atoms with E-state index in [1.165, 1.54) is 41.6 Å². The fourth-order valence-electron chi connectivity index (χ4n) is 4.46. The fraction of sp³-hybridized carbons (Fsp3) is 0.367. The molecular formula is C30H39N4O8S+. The van der Waals surface area contributed by atoms with E-state index in [-0.39, 0.29) is 27.8 Å². The van der Waals surface area contributed by atoms with Crippen molar-refractivity contribution in [2.75, 3.05) is 38.7 Å². The molecule has 0 saturated heterocycles. The largest absolute Gasteiger partial charge is 0.493 e. The molecule has 0 fully saturated rings. The highest BCUT2D eigenvalue weighted by Crippen LogP contribution is 2.38. The summed E-state index contributed by atoms with van der Waals surface area (Å²) in [7, 11) is 2.02. The third-order valence-electron chi connectivity index (χ3n) is 6.75. The zero-order chi connectivity index (χ0) is 31.1. The van der Waals surface area contributed by atoms with E-state index < -0.39 is 10.0 Å². The van der Waals surface area contributed by atoms with Crippen LogP contribution < -0.4 is 39.8 Å². The number of fused-ring (bicyclic) bond motifs is 1. The molecule has 4 N–H and O–H groups in total. The number of ether oxygens (including phenoxy) is 5. The minimum absolute atomic E-state index is 0.0499. The van der Waals surface area contributed by atoms with Crippen molar-refractivity contribution in [2.45, 2.75) is 31.1 Å². The van der Waals surface area contributed by atoms with Gasteiger partial charge in [0.2, 0.25) is 0 Å². The van der Waals surface area contributed by atoms with Gasteiger partial charge in [-0.25, -0.2) is 13.2 Å². The van der Waals surface area contributed by atoms with Gasteiger partial charge < -0.3 is 29.4 Å². The van der Waals surface area contributed by atoms with Gasteiger partial charge in [0.05, 0.1) is 55.6 Å². The molecule has 0 radical (unpaired) electrons. The molecule has 0 spiro atoms. The third kappa shape index (κ3) is 7.17. The molecule has 0 aliphatic heterocycles. The van der Waals surface area contributed by atoms with E-state index in [0.717, 1.165) is 25.8 Å². The van der Waals surface area contributed by atoms with Crippen molar-refractivity contribution in [1.82, 2.24) is 9.13 Å². The van der Waals surface area contributed by atoms with E-state index in [4.69, 9.17) is 23.7 Å². The van der Waals surface area contributed by atoms with Crippen LogP contribution in [0.25, 0.3) is 11.0 Å². The van der Waals surface area contributed by atoms with Crippen molar-refractivity contribution in [2.24, 2.45) is 14.1 Å². The molecule has 232 valence electrons. The third-order valence-corrected chi connectivity index (χ3v) is 8.11. The first-order valence-electron chi connectivity index (χ1n) is 13.9. The first-order chi connectivity index (χ1) is 20.6. The number of hydrogen-bond acceptors (Lipinski definition) is 8. The van der Waals surface area contributed by atoms with Gasteiger partial charge in [-0.1, -0.05) is 6.92 Å². The summed E-state index contributed by atoms with van der Waals surface area (Å²) < 4.78 is 61.4. The van der Waals surface area contributed by atoms with Crippen molar-refractivity contribution in [1.29, 1.82) is 0 Å². The average molecular weight is 616 g/mol. The Labute approximate surface area is 250 Å². The van der Waals surface area contributed by atoms with Crippen LogP contribution in [0.1, 0.15) is 26.2 Å². The first-order valence-corrected chi connectivity index (χ1v) is 15.4. The number of unbranched alkanes of at least 4 members (excludes halogenated alkanes) is 1. The number of methoxy groups -OCH3 is 2. The van der Waals surface area contributed by atoms with Crippen molar-refractivity contribution < 1.29 is 37.8 Å². The highest BCUT2D eigenvalue weighted by Gasteiger charge is 2.22. The van der Waals surface area contributed by atoms with Crippen LogP contribution in [0.2, 0.25) is 0 Å². The summed E-state index contributed by atoms with van der Waals surface area (Å²) in [4.78, 5) is 12.7. The SMILES string of the molecule is CCCOc1cc(OCCCC[NH3+])cc(Oc2cc3c(cc2NS(=O)(=O)c2ccc(OC)c(OC)c2)n(C)c(=O)n3C)c1. The lowest BCUT2D eigenvalue weighted by Gasteiger charge is -2.17. The molecule has 3 aromatic carbocycles. The molecule has 0 aliphatic carbocycles. The Morgan fingerprint density at radius 2 is 1.42 bits per heavy atom. The van der Waals surface area contributed by atoms with Gasteiger partial charge in [0.1, 0.15) is 17.2 Å². The van der Waals surface area contributed by atoms with Gasteiger partial charge in [-0.15, -0.1) is 0 Å². The second-order valence-electron chi connectivity index (χ2n) is 9.86. The first kappa shape index (κ1) is 31.6. The Balaban J connectivity index is 1.78. The topological polar surface area (TPSA) is 147 Å². The minimum atomic E-state index is -4.13. The summed E-state index contributed by atoms with van der Waals surface area (Å²) in [5, 5.41) is 0. The van der Waals surface area contributed by atoms with Crippen LogP contribution in [0.3, 0.4) is 0 Å². The van der Waals surface area contributed by atoms with Crippen LogP contribution in [0.5, 0.6) is 34.5 Å². The number of imidazole rings is 1. The van der Waals surface area contributed by atoms with Gasteiger partial charge in [-0.3, -0.25) is 13.9 Å². The van der Waals surface area contributed by atoms with Crippen molar-refractivity contribution in [3.8, 4) is 34.5 Å². The quantitative estimate of drug-likeness (QED) is 0.193. The fourth-order valence-corrected chi connectivity index (χ4v) is 5.54. The molecule has 0 bridgehead atoms. The average Bonchev–Trinajstić information content (AvgIpc) is 3.20. The Morgan fingerprint density at radius 1 is 0.791 bits per heavy atom. The van der Waals surface area contributed by atoms with Crippen LogP contribution >= 0.6 is 0 Å². The van der Waals surface area contributed by atoms with Crippen LogP contribution in [0.4, 0.5) is 5.69 Å². The summed E-state index contributed by atoms with van der Waals surface area (Å²) in [5.41, 5.74) is 4.79. The molecule has 12 nitrogen and oxygen atoms in total. The number of hydrogen-bond donors (Lipinski definition) is 2. The van der Waals surface area contributed by atoms with Gasteiger partial charge in [0.15, 0.2) is 17.2 Å². The lowest BCUT2D eigenvalue weighted by molar-refractivity contribution is -0.368. The molecule has 4 aromatic rings. The van der Waals surface area contributed by atoms with Crippen molar-refractivity contribution in [3.05, 3.63) is 59.0 Å². The highest BCUT2D eigenvalue weighted by molar-refractivity contribution is 7.92. The number of aromatic nitrogens is 2. The summed E-state index contributed by atoms with van der Waals surface area (Å²) in [6.45, 7) is 3.83. The number of anilines is 1. The van der Waals surface area contributed by atoms with Gasteiger partial charge in [-0.2, -0.15) is 0 Å². The van der Waals surface area contributed by atoms with Crippen LogP contribution in [-0.2, 0) is 24.1 Å². The molecule has 1 aromatic heterocycles. The summed E-state index contributed by atoms with van der Waals surface area (Å²) in [5.74, 6) is 2.29. The summed E-state index contributed by atoms with van der Waals surface area (Å²) in [6.07, 6.45) is 2.60. The maximum atomic E-state index is 13.6. The number of nitrogens with one attached hydrogen (secondary N) is 1. The van der Waals surface area contributed by atoms with E-state index in [0.29, 0.717) is 47.2 Å². The molecular weight excluding hydrogens is 576 g/mol. The smallest absolute Gasteiger partial charge is 0.328 e. The Kier molecular flexibility index (Phi) is 10.1. The molecule has 1 heterocycles. The van der Waals surface area contributed by atoms with E-state index in [9.17, 15) is 13.2 Å². The van der Waals surface area contributed by atoms with E-state index in [2.05, 4.69) is 10.5 Å². The zero-order valence-corrected chi connectivity index (χ0v) is 26.0. The Hall–Kier alpha value is -4.36. The van der Waals surface area contributed by atoms with Gasteiger partial charge >= 0.3 is 5.69 Å². The summed E-state index contributed by atoms with van der Waals surface area (Å²) >= 11 is 0. The van der Waals surface area contributed by atoms with Crippen LogP contribution in [-0.4, -0.2) is 51.5 Å². The molecule has 13 heteroatoms.